The number of ether oxygens (including phenoxy) is 2. The smallest absolute Gasteiger partial charge is 0.412 e. The molecule has 1 aromatic rings. The zero-order chi connectivity index (χ0) is 20.7. The zero-order valence-corrected chi connectivity index (χ0v) is 17.1. The van der Waals surface area contributed by atoms with Gasteiger partial charge in [-0.15, -0.1) is 0 Å². The van der Waals surface area contributed by atoms with Crippen LogP contribution in [0.2, 0.25) is 0 Å². The molecule has 1 aromatic carbocycles. The van der Waals surface area contributed by atoms with Gasteiger partial charge in [-0.3, -0.25) is 10.1 Å². The lowest BCUT2D eigenvalue weighted by Crippen LogP contribution is -2.40. The lowest BCUT2D eigenvalue weighted by molar-refractivity contribution is -0.139. The summed E-state index contributed by atoms with van der Waals surface area (Å²) in [6.45, 7) is 8.36. The molecule has 0 bridgehead atoms. The largest absolute Gasteiger partial charge is 0.449 e. The Kier molecular flexibility index (Phi) is 7.43. The first-order valence-electron chi connectivity index (χ1n) is 9.75. The Morgan fingerprint density at radius 3 is 2.11 bits per heavy atom. The molecule has 7 heteroatoms. The topological polar surface area (TPSA) is 84.9 Å². The van der Waals surface area contributed by atoms with Crippen molar-refractivity contribution in [3.8, 4) is 0 Å². The van der Waals surface area contributed by atoms with Crippen molar-refractivity contribution in [2.24, 2.45) is 0 Å². The molecule has 154 valence electrons. The molecule has 1 aliphatic heterocycles. The zero-order valence-electron chi connectivity index (χ0n) is 17.1. The Morgan fingerprint density at radius 2 is 1.57 bits per heavy atom. The average Bonchev–Trinajstić information content (AvgIpc) is 2.89. The maximum Gasteiger partial charge on any atom is 0.412 e. The fraction of sp³-hybridized carbons (Fsp3) is 0.571. The van der Waals surface area contributed by atoms with E-state index in [0.29, 0.717) is 24.3 Å². The fourth-order valence-electron chi connectivity index (χ4n) is 2.94. The van der Waals surface area contributed by atoms with Crippen molar-refractivity contribution in [3.63, 3.8) is 0 Å². The number of hydrogen-bond acceptors (Lipinski definition) is 5. The normalized spacial score (nSPS) is 15.9. The van der Waals surface area contributed by atoms with E-state index >= 15 is 0 Å². The van der Waals surface area contributed by atoms with Gasteiger partial charge in [-0.2, -0.15) is 0 Å². The van der Waals surface area contributed by atoms with E-state index in [0.717, 1.165) is 25.7 Å². The molecule has 1 saturated heterocycles. The summed E-state index contributed by atoms with van der Waals surface area (Å²) in [5, 5.41) is 2.60. The van der Waals surface area contributed by atoms with E-state index in [1.807, 2.05) is 0 Å². The van der Waals surface area contributed by atoms with Crippen LogP contribution in [0.15, 0.2) is 24.3 Å². The molecule has 1 aliphatic rings. The number of carbonyl (C=O) groups excluding carboxylic acids is 3. The summed E-state index contributed by atoms with van der Waals surface area (Å²) in [5.41, 5.74) is 0.217. The molecule has 1 heterocycles. The highest BCUT2D eigenvalue weighted by atomic mass is 16.6. The van der Waals surface area contributed by atoms with Crippen LogP contribution in [-0.2, 0) is 14.3 Å². The van der Waals surface area contributed by atoms with Gasteiger partial charge in [0.25, 0.3) is 5.91 Å². The summed E-state index contributed by atoms with van der Waals surface area (Å²) >= 11 is 0. The van der Waals surface area contributed by atoms with Crippen LogP contribution in [0, 0.1) is 0 Å². The highest BCUT2D eigenvalue weighted by Gasteiger charge is 2.25. The number of carbonyl (C=O) groups is 3. The number of nitrogens with one attached hydrogen (secondary N) is 1. The number of nitrogens with zero attached hydrogens (tertiary/aromatic N) is 1. The van der Waals surface area contributed by atoms with Gasteiger partial charge in [0.1, 0.15) is 5.60 Å². The van der Waals surface area contributed by atoms with Crippen LogP contribution >= 0.6 is 0 Å². The molecule has 0 spiro atoms. The molecule has 0 saturated carbocycles. The van der Waals surface area contributed by atoms with Crippen molar-refractivity contribution < 1.29 is 23.9 Å². The molecule has 2 rings (SSSR count). The van der Waals surface area contributed by atoms with Gasteiger partial charge in [0.05, 0.1) is 5.56 Å². The number of amides is 2. The standard InChI is InChI=1S/C21H30N2O5/c1-15(18(24)23-13-7-5-6-8-14-23)27-19(25)16-9-11-17(12-10-16)22-20(26)28-21(2,3)4/h9-12,15H,5-8,13-14H2,1-4H3,(H,22,26). The highest BCUT2D eigenvalue weighted by molar-refractivity contribution is 5.93. The van der Waals surface area contributed by atoms with Crippen molar-refractivity contribution in [1.82, 2.24) is 4.90 Å². The van der Waals surface area contributed by atoms with E-state index in [1.54, 1.807) is 44.7 Å². The van der Waals surface area contributed by atoms with Crippen LogP contribution in [0.25, 0.3) is 0 Å². The fourth-order valence-corrected chi connectivity index (χ4v) is 2.94. The molecule has 28 heavy (non-hydrogen) atoms. The van der Waals surface area contributed by atoms with Gasteiger partial charge < -0.3 is 14.4 Å². The molecule has 0 aromatic heterocycles. The Hall–Kier alpha value is -2.57. The highest BCUT2D eigenvalue weighted by Crippen LogP contribution is 2.15. The second kappa shape index (κ2) is 9.57. The Bertz CT molecular complexity index is 686. The number of anilines is 1. The van der Waals surface area contributed by atoms with E-state index in [1.165, 1.54) is 12.1 Å². The number of esters is 1. The number of hydrogen-bond donors (Lipinski definition) is 1. The molecule has 1 unspecified atom stereocenters. The number of likely N-dealkylation sites (tertiary alicyclic amines) is 1. The quantitative estimate of drug-likeness (QED) is 0.786. The van der Waals surface area contributed by atoms with Gasteiger partial charge in [0.15, 0.2) is 6.10 Å². The van der Waals surface area contributed by atoms with E-state index in [-0.39, 0.29) is 5.91 Å². The molecule has 0 aliphatic carbocycles. The lowest BCUT2D eigenvalue weighted by Gasteiger charge is -2.24. The van der Waals surface area contributed by atoms with Crippen molar-refractivity contribution in [2.75, 3.05) is 18.4 Å². The van der Waals surface area contributed by atoms with Crippen LogP contribution in [0.4, 0.5) is 10.5 Å². The van der Waals surface area contributed by atoms with E-state index in [4.69, 9.17) is 9.47 Å². The molecular weight excluding hydrogens is 360 g/mol. The van der Waals surface area contributed by atoms with Gasteiger partial charge in [-0.1, -0.05) is 12.8 Å². The van der Waals surface area contributed by atoms with Crippen LogP contribution in [0.5, 0.6) is 0 Å². The van der Waals surface area contributed by atoms with E-state index < -0.39 is 23.8 Å². The molecular formula is C21H30N2O5. The van der Waals surface area contributed by atoms with E-state index in [9.17, 15) is 14.4 Å². The maximum absolute atomic E-state index is 12.5. The van der Waals surface area contributed by atoms with Gasteiger partial charge >= 0.3 is 12.1 Å². The third kappa shape index (κ3) is 6.87. The van der Waals surface area contributed by atoms with Crippen molar-refractivity contribution in [3.05, 3.63) is 29.8 Å². The predicted molar refractivity (Wildman–Crippen MR) is 106 cm³/mol. The lowest BCUT2D eigenvalue weighted by atomic mass is 10.2. The third-order valence-corrected chi connectivity index (χ3v) is 4.32. The van der Waals surface area contributed by atoms with Gasteiger partial charge in [-0.25, -0.2) is 9.59 Å². The average molecular weight is 390 g/mol. The van der Waals surface area contributed by atoms with Crippen molar-refractivity contribution in [1.29, 1.82) is 0 Å². The van der Waals surface area contributed by atoms with Gasteiger partial charge in [0.2, 0.25) is 0 Å². The summed E-state index contributed by atoms with van der Waals surface area (Å²) in [4.78, 5) is 38.4. The molecule has 1 N–H and O–H groups in total. The van der Waals surface area contributed by atoms with E-state index in [2.05, 4.69) is 5.32 Å². The second-order valence-electron chi connectivity index (χ2n) is 7.99. The summed E-state index contributed by atoms with van der Waals surface area (Å²) in [6.07, 6.45) is 2.82. The second-order valence-corrected chi connectivity index (χ2v) is 7.99. The summed E-state index contributed by atoms with van der Waals surface area (Å²) in [5.74, 6) is -0.724. The molecule has 1 fully saturated rings. The first-order chi connectivity index (χ1) is 13.2. The van der Waals surface area contributed by atoms with Crippen LogP contribution in [0.1, 0.15) is 63.7 Å². The maximum atomic E-state index is 12.5. The predicted octanol–water partition coefficient (Wildman–Crippen LogP) is 3.98. The molecule has 2 amide bonds. The summed E-state index contributed by atoms with van der Waals surface area (Å²) in [7, 11) is 0. The number of rotatable bonds is 4. The summed E-state index contributed by atoms with van der Waals surface area (Å²) < 4.78 is 10.5. The third-order valence-electron chi connectivity index (χ3n) is 4.32. The summed E-state index contributed by atoms with van der Waals surface area (Å²) in [6, 6.07) is 6.25. The minimum Gasteiger partial charge on any atom is -0.449 e. The van der Waals surface area contributed by atoms with Gasteiger partial charge in [-0.05, 0) is 64.8 Å². The van der Waals surface area contributed by atoms with Crippen molar-refractivity contribution in [2.45, 2.75) is 65.1 Å². The number of benzene rings is 1. The Balaban J connectivity index is 1.89. The van der Waals surface area contributed by atoms with Crippen LogP contribution in [-0.4, -0.2) is 47.7 Å². The SMILES string of the molecule is CC(OC(=O)c1ccc(NC(=O)OC(C)(C)C)cc1)C(=O)N1CCCCCC1. The first kappa shape index (κ1) is 21.7. The van der Waals surface area contributed by atoms with Crippen LogP contribution in [0.3, 0.4) is 0 Å². The Morgan fingerprint density at radius 1 is 1.00 bits per heavy atom. The molecule has 1 atom stereocenters. The minimum atomic E-state index is -0.829. The monoisotopic (exact) mass is 390 g/mol. The van der Waals surface area contributed by atoms with Crippen LogP contribution < -0.4 is 5.32 Å². The first-order valence-corrected chi connectivity index (χ1v) is 9.75. The van der Waals surface area contributed by atoms with Gasteiger partial charge in [0, 0.05) is 18.8 Å². The van der Waals surface area contributed by atoms with Crippen molar-refractivity contribution >= 4 is 23.7 Å². The molecule has 7 nitrogen and oxygen atoms in total. The Labute approximate surface area is 166 Å². The molecule has 0 radical (unpaired) electrons. The minimum absolute atomic E-state index is 0.154.